The fraction of sp³-hybridized carbons (Fsp3) is 0.222. The predicted octanol–water partition coefficient (Wildman–Crippen LogP) is 3.19. The number of carboxylic acid groups (broad SMARTS) is 1. The third kappa shape index (κ3) is 4.99. The average Bonchev–Trinajstić information content (AvgIpc) is 2.05. The third-order valence-electron chi connectivity index (χ3n) is 1.51. The monoisotopic (exact) mass is 252 g/mol. The van der Waals surface area contributed by atoms with E-state index in [0.29, 0.717) is 10.5 Å². The molecule has 0 heterocycles. The van der Waals surface area contributed by atoms with Crippen LogP contribution in [0.15, 0.2) is 29.2 Å². The number of thioether (sulfide) groups is 1. The summed E-state index contributed by atoms with van der Waals surface area (Å²) in [7, 11) is 0. The molecule has 6 heteroatoms. The maximum atomic E-state index is 12.4. The predicted molar refractivity (Wildman–Crippen MR) is 54.4 cm³/mol. The molecule has 1 aromatic rings. The largest absolute Gasteiger partial charge is 0.481 e. The van der Waals surface area contributed by atoms with E-state index in [1.807, 2.05) is 0 Å². The van der Waals surface area contributed by atoms with E-state index in [4.69, 9.17) is 16.7 Å². The molecule has 0 saturated heterocycles. The van der Waals surface area contributed by atoms with Crippen molar-refractivity contribution in [2.45, 2.75) is 16.0 Å². The van der Waals surface area contributed by atoms with Gasteiger partial charge in [0, 0.05) is 4.90 Å². The van der Waals surface area contributed by atoms with Crippen LogP contribution in [0.1, 0.15) is 5.56 Å². The van der Waals surface area contributed by atoms with Gasteiger partial charge in [0.25, 0.3) is 0 Å². The molecule has 0 atom stereocenters. The van der Waals surface area contributed by atoms with Crippen LogP contribution in [0.3, 0.4) is 0 Å². The second-order valence-electron chi connectivity index (χ2n) is 2.76. The Bertz CT molecular complexity index is 348. The van der Waals surface area contributed by atoms with Crippen molar-refractivity contribution in [2.75, 3.05) is 0 Å². The molecule has 82 valence electrons. The third-order valence-corrected chi connectivity index (χ3v) is 2.48. The zero-order valence-electron chi connectivity index (χ0n) is 7.41. The Kier molecular flexibility index (Phi) is 3.93. The molecule has 0 aliphatic rings. The molecule has 1 N–H and O–H groups in total. The average molecular weight is 253 g/mol. The maximum absolute atomic E-state index is 12.4. The van der Waals surface area contributed by atoms with E-state index in [9.17, 15) is 13.6 Å². The van der Waals surface area contributed by atoms with Gasteiger partial charge >= 0.3 is 10.7 Å². The Balaban J connectivity index is 2.68. The van der Waals surface area contributed by atoms with Gasteiger partial charge in [-0.15, -0.1) is 0 Å². The quantitative estimate of drug-likeness (QED) is 0.661. The number of carboxylic acids is 1. The van der Waals surface area contributed by atoms with Gasteiger partial charge in [0.05, 0.1) is 6.42 Å². The molecule has 0 spiro atoms. The summed E-state index contributed by atoms with van der Waals surface area (Å²) in [6, 6.07) is 5.80. The van der Waals surface area contributed by atoms with Crippen molar-refractivity contribution in [1.82, 2.24) is 0 Å². The first-order valence-electron chi connectivity index (χ1n) is 3.93. The van der Waals surface area contributed by atoms with Crippen LogP contribution in [0.4, 0.5) is 8.78 Å². The lowest BCUT2D eigenvalue weighted by Crippen LogP contribution is -2.00. The van der Waals surface area contributed by atoms with Crippen molar-refractivity contribution >= 4 is 29.3 Å². The van der Waals surface area contributed by atoms with Crippen LogP contribution in [0.2, 0.25) is 0 Å². The number of aliphatic carboxylic acids is 1. The van der Waals surface area contributed by atoms with E-state index in [1.54, 1.807) is 0 Å². The summed E-state index contributed by atoms with van der Waals surface area (Å²) in [6.07, 6.45) is -0.123. The lowest BCUT2D eigenvalue weighted by Gasteiger charge is -2.06. The number of halogens is 3. The SMILES string of the molecule is O=C(O)Cc1ccc(SC(F)(F)Cl)cc1. The van der Waals surface area contributed by atoms with Crippen LogP contribution in [-0.4, -0.2) is 15.8 Å². The summed E-state index contributed by atoms with van der Waals surface area (Å²) < 4.78 is 21.4. The van der Waals surface area contributed by atoms with Gasteiger partial charge in [-0.05, 0) is 41.1 Å². The van der Waals surface area contributed by atoms with Crippen LogP contribution in [0.25, 0.3) is 0 Å². The molecule has 15 heavy (non-hydrogen) atoms. The molecular weight excluding hydrogens is 246 g/mol. The Hall–Kier alpha value is -0.810. The number of carbonyl (C=O) groups is 1. The lowest BCUT2D eigenvalue weighted by atomic mass is 10.2. The van der Waals surface area contributed by atoms with Gasteiger partial charge in [-0.1, -0.05) is 12.1 Å². The van der Waals surface area contributed by atoms with Crippen LogP contribution in [0, 0.1) is 0 Å². The molecule has 1 aromatic carbocycles. The molecule has 0 aromatic heterocycles. The summed E-state index contributed by atoms with van der Waals surface area (Å²) in [4.78, 5) is 10.6. The molecule has 2 nitrogen and oxygen atoms in total. The minimum Gasteiger partial charge on any atom is -0.481 e. The summed E-state index contributed by atoms with van der Waals surface area (Å²) in [5.41, 5.74) is 0.560. The zero-order valence-corrected chi connectivity index (χ0v) is 8.99. The summed E-state index contributed by atoms with van der Waals surface area (Å²) in [5.74, 6) is -0.960. The van der Waals surface area contributed by atoms with Gasteiger partial charge in [-0.3, -0.25) is 4.79 Å². The first kappa shape index (κ1) is 12.3. The molecule has 1 rings (SSSR count). The van der Waals surface area contributed by atoms with E-state index >= 15 is 0 Å². The van der Waals surface area contributed by atoms with Crippen molar-refractivity contribution in [1.29, 1.82) is 0 Å². The van der Waals surface area contributed by atoms with Crippen LogP contribution in [-0.2, 0) is 11.2 Å². The number of alkyl halides is 3. The van der Waals surface area contributed by atoms with Gasteiger partial charge in [-0.2, -0.15) is 8.78 Å². The molecule has 0 amide bonds. The van der Waals surface area contributed by atoms with E-state index in [-0.39, 0.29) is 18.2 Å². The van der Waals surface area contributed by atoms with Gasteiger partial charge in [-0.25, -0.2) is 0 Å². The highest BCUT2D eigenvalue weighted by atomic mass is 35.5. The number of hydrogen-bond acceptors (Lipinski definition) is 2. The summed E-state index contributed by atoms with van der Waals surface area (Å²) in [6.45, 7) is 0. The van der Waals surface area contributed by atoms with Gasteiger partial charge in [0.1, 0.15) is 0 Å². The van der Waals surface area contributed by atoms with Crippen LogP contribution in [0.5, 0.6) is 0 Å². The number of benzene rings is 1. The lowest BCUT2D eigenvalue weighted by molar-refractivity contribution is -0.136. The standard InChI is InChI=1S/C9H7ClF2O2S/c10-9(11,12)15-7-3-1-6(2-4-7)5-8(13)14/h1-4H,5H2,(H,13,14). The minimum atomic E-state index is -3.34. The van der Waals surface area contributed by atoms with Crippen molar-refractivity contribution in [3.8, 4) is 0 Å². The molecule has 0 unspecified atom stereocenters. The molecule has 0 radical (unpaired) electrons. The Labute approximate surface area is 94.2 Å². The molecule has 0 aliphatic carbocycles. The van der Waals surface area contributed by atoms with Crippen molar-refractivity contribution in [3.63, 3.8) is 0 Å². The second-order valence-corrected chi connectivity index (χ2v) is 4.65. The van der Waals surface area contributed by atoms with Gasteiger partial charge < -0.3 is 5.11 Å². The van der Waals surface area contributed by atoms with Crippen molar-refractivity contribution in [3.05, 3.63) is 29.8 Å². The number of hydrogen-bond donors (Lipinski definition) is 1. The number of rotatable bonds is 4. The molecule has 0 fully saturated rings. The fourth-order valence-corrected chi connectivity index (χ4v) is 1.79. The van der Waals surface area contributed by atoms with E-state index in [1.165, 1.54) is 24.3 Å². The molecule has 0 saturated carbocycles. The zero-order chi connectivity index (χ0) is 11.5. The Morgan fingerprint density at radius 2 is 1.93 bits per heavy atom. The highest BCUT2D eigenvalue weighted by Crippen LogP contribution is 2.38. The summed E-state index contributed by atoms with van der Waals surface area (Å²) in [5, 5.41) is 8.48. The molecule has 0 aliphatic heterocycles. The van der Waals surface area contributed by atoms with Crippen molar-refractivity contribution in [2.24, 2.45) is 0 Å². The highest BCUT2D eigenvalue weighted by Gasteiger charge is 2.26. The minimum absolute atomic E-state index is 0.123. The Morgan fingerprint density at radius 1 is 1.40 bits per heavy atom. The highest BCUT2D eigenvalue weighted by molar-refractivity contribution is 8.01. The van der Waals surface area contributed by atoms with E-state index in [2.05, 4.69) is 0 Å². The fourth-order valence-electron chi connectivity index (χ4n) is 0.984. The second kappa shape index (κ2) is 4.81. The van der Waals surface area contributed by atoms with E-state index in [0.717, 1.165) is 0 Å². The molecule has 0 bridgehead atoms. The maximum Gasteiger partial charge on any atom is 0.375 e. The molecular formula is C9H7ClF2O2S. The van der Waals surface area contributed by atoms with Crippen LogP contribution >= 0.6 is 23.4 Å². The normalized spacial score (nSPS) is 11.4. The summed E-state index contributed by atoms with van der Waals surface area (Å²) >= 11 is 4.94. The van der Waals surface area contributed by atoms with Crippen LogP contribution < -0.4 is 0 Å². The Morgan fingerprint density at radius 3 is 2.33 bits per heavy atom. The van der Waals surface area contributed by atoms with Gasteiger partial charge in [0.15, 0.2) is 0 Å². The van der Waals surface area contributed by atoms with E-state index < -0.39 is 10.7 Å². The smallest absolute Gasteiger partial charge is 0.375 e. The first-order valence-corrected chi connectivity index (χ1v) is 5.13. The first-order chi connectivity index (χ1) is 6.87. The topological polar surface area (TPSA) is 37.3 Å². The van der Waals surface area contributed by atoms with Gasteiger partial charge in [0.2, 0.25) is 0 Å². The van der Waals surface area contributed by atoms with Crippen molar-refractivity contribution < 1.29 is 18.7 Å².